The van der Waals surface area contributed by atoms with Crippen LogP contribution in [0.25, 0.3) is 22.8 Å². The molecule has 3 aromatic heterocycles. The number of sulfonamides is 1. The molecule has 4 aromatic rings. The van der Waals surface area contributed by atoms with Gasteiger partial charge in [-0.05, 0) is 36.4 Å². The van der Waals surface area contributed by atoms with E-state index >= 15 is 0 Å². The molecule has 0 spiro atoms. The molecule has 2 N–H and O–H groups in total. The highest BCUT2D eigenvalue weighted by molar-refractivity contribution is 7.89. The molecule has 0 amide bonds. The quantitative estimate of drug-likeness (QED) is 0.444. The molecule has 0 saturated heterocycles. The maximum Gasteiger partial charge on any atom is 0.433 e. The monoisotopic (exact) mass is 480 g/mol. The minimum absolute atomic E-state index is 0.0559. The summed E-state index contributed by atoms with van der Waals surface area (Å²) in [4.78, 5) is 7.60. The van der Waals surface area contributed by atoms with Crippen LogP contribution in [0.3, 0.4) is 0 Å². The highest BCUT2D eigenvalue weighted by Gasteiger charge is 2.32. The Bertz CT molecular complexity index is 1380. The van der Waals surface area contributed by atoms with E-state index in [0.717, 1.165) is 12.3 Å². The van der Waals surface area contributed by atoms with E-state index in [9.17, 15) is 21.6 Å². The second-order valence-electron chi connectivity index (χ2n) is 6.79. The predicted molar refractivity (Wildman–Crippen MR) is 107 cm³/mol. The van der Waals surface area contributed by atoms with Gasteiger partial charge in [0.15, 0.2) is 0 Å². The second kappa shape index (κ2) is 8.29. The van der Waals surface area contributed by atoms with Crippen molar-refractivity contribution in [1.82, 2.24) is 24.9 Å². The zero-order valence-corrected chi connectivity index (χ0v) is 17.6. The fourth-order valence-corrected chi connectivity index (χ4v) is 3.36. The van der Waals surface area contributed by atoms with Gasteiger partial charge in [-0.25, -0.2) is 18.5 Å². The molecular weight excluding hydrogens is 465 g/mol. The van der Waals surface area contributed by atoms with Crippen LogP contribution in [0, 0.1) is 0 Å². The summed E-state index contributed by atoms with van der Waals surface area (Å²) in [6.45, 7) is -0.0559. The molecular formula is C19H15F3N6O4S. The number of ether oxygens (including phenoxy) is 1. The topological polar surface area (TPSA) is 139 Å². The molecule has 0 atom stereocenters. The number of nitrogens with zero attached hydrogens (tertiary/aromatic N) is 5. The Morgan fingerprint density at radius 3 is 2.45 bits per heavy atom. The molecule has 0 aliphatic rings. The van der Waals surface area contributed by atoms with E-state index in [2.05, 4.69) is 20.2 Å². The molecule has 10 nitrogen and oxygen atoms in total. The Morgan fingerprint density at radius 1 is 1.12 bits per heavy atom. The lowest BCUT2D eigenvalue weighted by Gasteiger charge is -2.09. The molecule has 0 bridgehead atoms. The number of pyridine rings is 1. The Balaban J connectivity index is 1.53. The SMILES string of the molecule is Cn1ncc(-c2nc(-c3ccc(S(N)(=O)=O)cc3)no2)c1COc1ccc(C(F)(F)F)nc1. The first-order chi connectivity index (χ1) is 15.5. The van der Waals surface area contributed by atoms with Crippen LogP contribution in [0.1, 0.15) is 11.4 Å². The summed E-state index contributed by atoms with van der Waals surface area (Å²) in [6.07, 6.45) is -2.08. The Morgan fingerprint density at radius 2 is 1.85 bits per heavy atom. The van der Waals surface area contributed by atoms with Gasteiger partial charge >= 0.3 is 6.18 Å². The molecule has 0 aliphatic heterocycles. The summed E-state index contributed by atoms with van der Waals surface area (Å²) in [5, 5.41) is 13.1. The molecule has 33 heavy (non-hydrogen) atoms. The minimum Gasteiger partial charge on any atom is -0.486 e. The lowest BCUT2D eigenvalue weighted by Crippen LogP contribution is -2.11. The number of hydrogen-bond acceptors (Lipinski definition) is 8. The van der Waals surface area contributed by atoms with Crippen LogP contribution in [0.4, 0.5) is 13.2 Å². The first-order valence-electron chi connectivity index (χ1n) is 9.16. The van der Waals surface area contributed by atoms with Crippen LogP contribution in [-0.2, 0) is 29.9 Å². The van der Waals surface area contributed by atoms with Gasteiger partial charge in [-0.15, -0.1) is 0 Å². The number of rotatable bonds is 6. The molecule has 1 aromatic carbocycles. The Kier molecular flexibility index (Phi) is 5.63. The number of benzene rings is 1. The van der Waals surface area contributed by atoms with Crippen molar-refractivity contribution in [2.24, 2.45) is 12.2 Å². The molecule has 14 heteroatoms. The number of hydrogen-bond donors (Lipinski definition) is 1. The summed E-state index contributed by atoms with van der Waals surface area (Å²) in [5.74, 6) is 0.461. The largest absolute Gasteiger partial charge is 0.486 e. The van der Waals surface area contributed by atoms with E-state index in [1.807, 2.05) is 0 Å². The minimum atomic E-state index is -4.54. The van der Waals surface area contributed by atoms with Crippen molar-refractivity contribution in [3.63, 3.8) is 0 Å². The third-order valence-electron chi connectivity index (χ3n) is 4.56. The smallest absolute Gasteiger partial charge is 0.433 e. The predicted octanol–water partition coefficient (Wildman–Crippen LogP) is 2.78. The number of primary sulfonamides is 1. The first kappa shape index (κ1) is 22.4. The van der Waals surface area contributed by atoms with Gasteiger partial charge in [0.1, 0.15) is 18.1 Å². The summed E-state index contributed by atoms with van der Waals surface area (Å²) < 4.78 is 73.1. The van der Waals surface area contributed by atoms with Gasteiger partial charge in [0.2, 0.25) is 15.8 Å². The molecule has 0 radical (unpaired) electrons. The van der Waals surface area contributed by atoms with Crippen molar-refractivity contribution in [3.05, 3.63) is 60.2 Å². The van der Waals surface area contributed by atoms with E-state index in [0.29, 0.717) is 16.8 Å². The van der Waals surface area contributed by atoms with Crippen molar-refractivity contribution in [3.8, 4) is 28.6 Å². The van der Waals surface area contributed by atoms with Gasteiger partial charge in [-0.1, -0.05) is 5.16 Å². The summed E-state index contributed by atoms with van der Waals surface area (Å²) in [7, 11) is -2.18. The zero-order chi connectivity index (χ0) is 23.8. The number of nitrogens with two attached hydrogens (primary N) is 1. The number of aromatic nitrogens is 5. The van der Waals surface area contributed by atoms with Gasteiger partial charge in [0.25, 0.3) is 5.89 Å². The fourth-order valence-electron chi connectivity index (χ4n) is 2.84. The standard InChI is InChI=1S/C19H15F3N6O4S/c1-28-15(10-31-12-4-7-16(24-8-12)19(20,21)22)14(9-25-28)18-26-17(27-32-18)11-2-5-13(6-3-11)33(23,29)30/h2-9H,10H2,1H3,(H2,23,29,30). The maximum absolute atomic E-state index is 12.6. The molecule has 0 saturated carbocycles. The van der Waals surface area contributed by atoms with Crippen LogP contribution in [-0.4, -0.2) is 33.3 Å². The molecule has 3 heterocycles. The fraction of sp³-hybridized carbons (Fsp3) is 0.158. The second-order valence-corrected chi connectivity index (χ2v) is 8.35. The first-order valence-corrected chi connectivity index (χ1v) is 10.7. The highest BCUT2D eigenvalue weighted by atomic mass is 32.2. The Hall–Kier alpha value is -3.78. The number of alkyl halides is 3. The lowest BCUT2D eigenvalue weighted by molar-refractivity contribution is -0.141. The van der Waals surface area contributed by atoms with Crippen LogP contribution in [0.5, 0.6) is 5.75 Å². The molecule has 0 aliphatic carbocycles. The van der Waals surface area contributed by atoms with Crippen molar-refractivity contribution in [1.29, 1.82) is 0 Å². The van der Waals surface area contributed by atoms with E-state index < -0.39 is 21.9 Å². The van der Waals surface area contributed by atoms with Gasteiger partial charge in [-0.3, -0.25) is 4.68 Å². The van der Waals surface area contributed by atoms with Crippen molar-refractivity contribution in [2.75, 3.05) is 0 Å². The molecule has 0 fully saturated rings. The number of aryl methyl sites for hydroxylation is 1. The molecule has 0 unspecified atom stereocenters. The lowest BCUT2D eigenvalue weighted by atomic mass is 10.2. The van der Waals surface area contributed by atoms with Gasteiger partial charge in [0, 0.05) is 12.6 Å². The average molecular weight is 480 g/mol. The van der Waals surface area contributed by atoms with E-state index in [1.54, 1.807) is 7.05 Å². The summed E-state index contributed by atoms with van der Waals surface area (Å²) in [5.41, 5.74) is 0.452. The molecule has 172 valence electrons. The van der Waals surface area contributed by atoms with Gasteiger partial charge < -0.3 is 9.26 Å². The third-order valence-corrected chi connectivity index (χ3v) is 5.49. The average Bonchev–Trinajstić information content (AvgIpc) is 3.38. The summed E-state index contributed by atoms with van der Waals surface area (Å²) >= 11 is 0. The van der Waals surface area contributed by atoms with E-state index in [1.165, 1.54) is 41.2 Å². The van der Waals surface area contributed by atoms with Gasteiger partial charge in [-0.2, -0.15) is 23.3 Å². The van der Waals surface area contributed by atoms with E-state index in [-0.39, 0.29) is 29.0 Å². The van der Waals surface area contributed by atoms with Crippen LogP contribution in [0.15, 0.2) is 58.2 Å². The molecule has 4 rings (SSSR count). The highest BCUT2D eigenvalue weighted by Crippen LogP contribution is 2.29. The van der Waals surface area contributed by atoms with Crippen LogP contribution < -0.4 is 9.88 Å². The summed E-state index contributed by atoms with van der Waals surface area (Å²) in [6, 6.07) is 7.61. The third kappa shape index (κ3) is 4.85. The zero-order valence-electron chi connectivity index (χ0n) is 16.8. The normalized spacial score (nSPS) is 12.2. The number of halogens is 3. The van der Waals surface area contributed by atoms with Crippen molar-refractivity contribution >= 4 is 10.0 Å². The maximum atomic E-state index is 12.6. The van der Waals surface area contributed by atoms with Crippen molar-refractivity contribution in [2.45, 2.75) is 17.7 Å². The van der Waals surface area contributed by atoms with Gasteiger partial charge in [0.05, 0.1) is 28.5 Å². The van der Waals surface area contributed by atoms with Crippen LogP contribution in [0.2, 0.25) is 0 Å². The van der Waals surface area contributed by atoms with E-state index in [4.69, 9.17) is 14.4 Å². The van der Waals surface area contributed by atoms with Crippen LogP contribution >= 0.6 is 0 Å². The van der Waals surface area contributed by atoms with Crippen molar-refractivity contribution < 1.29 is 30.8 Å². The Labute approximate surface area is 184 Å².